The van der Waals surface area contributed by atoms with Crippen LogP contribution >= 0.6 is 0 Å². The minimum Gasteiger partial charge on any atom is -0.494 e. The number of fused-ring (bicyclic) bond motifs is 1. The summed E-state index contributed by atoms with van der Waals surface area (Å²) in [5.41, 5.74) is 4.27. The Morgan fingerprint density at radius 2 is 1.34 bits per heavy atom. The molecule has 0 N–H and O–H groups in total. The quantitative estimate of drug-likeness (QED) is 0.0422. The number of ether oxygens (including phenoxy) is 2. The lowest BCUT2D eigenvalue weighted by atomic mass is 9.98. The first-order chi connectivity index (χ1) is 22.8. The van der Waals surface area contributed by atoms with E-state index in [0.717, 1.165) is 83.1 Å². The number of aryl methyl sites for hydroxylation is 1. The molecule has 4 rings (SSSR count). The van der Waals surface area contributed by atoms with Gasteiger partial charge in [-0.15, -0.1) is 0 Å². The lowest BCUT2D eigenvalue weighted by molar-refractivity contribution is -0.115. The first-order valence-electron chi connectivity index (χ1n) is 16.4. The van der Waals surface area contributed by atoms with Gasteiger partial charge in [-0.1, -0.05) is 101 Å². The van der Waals surface area contributed by atoms with Crippen LogP contribution in [0.15, 0.2) is 111 Å². The molecule has 0 bridgehead atoms. The van der Waals surface area contributed by atoms with Gasteiger partial charge in [-0.2, -0.15) is 0 Å². The maximum Gasteiger partial charge on any atom is 0.167 e. The zero-order valence-electron chi connectivity index (χ0n) is 27.4. The van der Waals surface area contributed by atoms with Gasteiger partial charge < -0.3 is 9.47 Å². The predicted molar refractivity (Wildman–Crippen MR) is 191 cm³/mol. The van der Waals surface area contributed by atoms with Crippen molar-refractivity contribution in [3.63, 3.8) is 0 Å². The Morgan fingerprint density at radius 3 is 2.09 bits per heavy atom. The van der Waals surface area contributed by atoms with Crippen LogP contribution in [-0.2, 0) is 28.9 Å². The van der Waals surface area contributed by atoms with E-state index in [1.54, 1.807) is 12.1 Å². The highest BCUT2D eigenvalue weighted by atomic mass is 16.5. The molecule has 0 heterocycles. The Bertz CT molecular complexity index is 1750. The van der Waals surface area contributed by atoms with Gasteiger partial charge in [0, 0.05) is 30.4 Å². The monoisotopic (exact) mass is 628 g/mol. The fourth-order valence-electron chi connectivity index (χ4n) is 5.39. The van der Waals surface area contributed by atoms with Crippen LogP contribution in [0.5, 0.6) is 11.5 Å². The summed E-state index contributed by atoms with van der Waals surface area (Å²) in [5, 5.41) is 2.15. The third kappa shape index (κ3) is 10.5. The molecule has 0 saturated heterocycles. The van der Waals surface area contributed by atoms with Gasteiger partial charge >= 0.3 is 0 Å². The van der Waals surface area contributed by atoms with Crippen LogP contribution in [0, 0.1) is 0 Å². The fraction of sp³-hybridized carbons (Fsp3) is 0.262. The molecule has 0 aliphatic rings. The number of allylic oxidation sites excluding steroid dienone is 2. The normalized spacial score (nSPS) is 10.7. The predicted octanol–water partition coefficient (Wildman–Crippen LogP) is 9.65. The van der Waals surface area contributed by atoms with Gasteiger partial charge in [0.2, 0.25) is 0 Å². The summed E-state index contributed by atoms with van der Waals surface area (Å²) in [6, 6.07) is 25.2. The van der Waals surface area contributed by atoms with Gasteiger partial charge in [-0.3, -0.25) is 14.4 Å². The fourth-order valence-corrected chi connectivity index (χ4v) is 5.39. The van der Waals surface area contributed by atoms with E-state index in [0.29, 0.717) is 24.4 Å². The lowest BCUT2D eigenvalue weighted by Gasteiger charge is -2.15. The summed E-state index contributed by atoms with van der Waals surface area (Å²) in [5.74, 6) is 2.21. The standard InChI is InChI=1S/C42H44O5/c1-5-33-25-32(27-41(45)34-17-14-31(15-18-34)26-39(44)7-3)16-23-42(33)47-30(4)35-19-20-37-29-40(22-21-36(37)28-35)46-24-12-10-8-9-11-13-38(43)6-2/h6-7,14-23,25,28-29H,2-5,8-13,24,26-27H2,1H3. The van der Waals surface area contributed by atoms with Crippen molar-refractivity contribution in [3.05, 3.63) is 139 Å². The SMILES string of the molecule is C=CC(=O)CCCCCCCOc1ccc2cc(C(=C)Oc3ccc(CC(=O)c4ccc(CC(=O)C=C)cc4)cc3CC)ccc2c1. The molecule has 5 heteroatoms. The highest BCUT2D eigenvalue weighted by molar-refractivity contribution is 5.98. The first kappa shape index (κ1) is 34.8. The highest BCUT2D eigenvalue weighted by Crippen LogP contribution is 2.29. The van der Waals surface area contributed by atoms with Crippen LogP contribution in [0.3, 0.4) is 0 Å². The Labute approximate surface area is 278 Å². The summed E-state index contributed by atoms with van der Waals surface area (Å²) < 4.78 is 12.2. The van der Waals surface area contributed by atoms with Crippen molar-refractivity contribution in [2.45, 2.75) is 64.7 Å². The van der Waals surface area contributed by atoms with E-state index in [2.05, 4.69) is 50.9 Å². The summed E-state index contributed by atoms with van der Waals surface area (Å²) in [7, 11) is 0. The van der Waals surface area contributed by atoms with Gasteiger partial charge in [0.1, 0.15) is 17.3 Å². The van der Waals surface area contributed by atoms with Crippen LogP contribution in [0.25, 0.3) is 16.5 Å². The Morgan fingerprint density at radius 1 is 0.681 bits per heavy atom. The summed E-state index contributed by atoms with van der Waals surface area (Å²) in [6.45, 7) is 13.9. The second-order valence-corrected chi connectivity index (χ2v) is 11.7. The summed E-state index contributed by atoms with van der Waals surface area (Å²) in [6.07, 6.45) is 9.74. The molecule has 0 fully saturated rings. The minimum absolute atomic E-state index is 0.0154. The van der Waals surface area contributed by atoms with E-state index in [1.165, 1.54) is 12.2 Å². The number of carbonyl (C=O) groups is 3. The summed E-state index contributed by atoms with van der Waals surface area (Å²) in [4.78, 5) is 35.9. The number of Topliss-reactive ketones (excluding diaryl/α,β-unsaturated/α-hetero) is 1. The summed E-state index contributed by atoms with van der Waals surface area (Å²) >= 11 is 0. The number of unbranched alkanes of at least 4 members (excludes halogenated alkanes) is 4. The molecule has 47 heavy (non-hydrogen) atoms. The molecular weight excluding hydrogens is 584 g/mol. The van der Waals surface area contributed by atoms with Crippen molar-refractivity contribution >= 4 is 33.9 Å². The van der Waals surface area contributed by atoms with Gasteiger partial charge in [0.15, 0.2) is 17.3 Å². The van der Waals surface area contributed by atoms with Crippen molar-refractivity contribution in [2.24, 2.45) is 0 Å². The number of benzene rings is 4. The molecule has 5 nitrogen and oxygen atoms in total. The lowest BCUT2D eigenvalue weighted by Crippen LogP contribution is -2.05. The Hall–Kier alpha value is -5.03. The highest BCUT2D eigenvalue weighted by Gasteiger charge is 2.12. The number of hydrogen-bond donors (Lipinski definition) is 0. The molecule has 242 valence electrons. The topological polar surface area (TPSA) is 69.7 Å². The van der Waals surface area contributed by atoms with Crippen LogP contribution in [0.4, 0.5) is 0 Å². The average molecular weight is 629 g/mol. The molecule has 0 unspecified atom stereocenters. The van der Waals surface area contributed by atoms with Crippen LogP contribution in [0.1, 0.15) is 78.1 Å². The van der Waals surface area contributed by atoms with E-state index >= 15 is 0 Å². The molecular formula is C42H44O5. The molecule has 0 aliphatic heterocycles. The second-order valence-electron chi connectivity index (χ2n) is 11.7. The van der Waals surface area contributed by atoms with Crippen LogP contribution in [0.2, 0.25) is 0 Å². The molecule has 0 saturated carbocycles. The van der Waals surface area contributed by atoms with Crippen molar-refractivity contribution in [2.75, 3.05) is 6.61 Å². The smallest absolute Gasteiger partial charge is 0.167 e. The van der Waals surface area contributed by atoms with Crippen molar-refractivity contribution in [1.82, 2.24) is 0 Å². The maximum absolute atomic E-state index is 13.0. The Kier molecular flexibility index (Phi) is 13.1. The van der Waals surface area contributed by atoms with E-state index in [-0.39, 0.29) is 30.2 Å². The molecule has 0 spiro atoms. The van der Waals surface area contributed by atoms with E-state index < -0.39 is 0 Å². The molecule has 0 aliphatic carbocycles. The minimum atomic E-state index is -0.0491. The van der Waals surface area contributed by atoms with Crippen molar-refractivity contribution in [3.8, 4) is 11.5 Å². The van der Waals surface area contributed by atoms with Gasteiger partial charge in [-0.25, -0.2) is 0 Å². The molecule has 4 aromatic carbocycles. The van der Waals surface area contributed by atoms with Gasteiger partial charge in [-0.05, 0) is 83.1 Å². The van der Waals surface area contributed by atoms with Crippen molar-refractivity contribution in [1.29, 1.82) is 0 Å². The first-order valence-corrected chi connectivity index (χ1v) is 16.4. The number of carbonyl (C=O) groups excluding carboxylic acids is 3. The third-order valence-electron chi connectivity index (χ3n) is 8.18. The van der Waals surface area contributed by atoms with E-state index in [4.69, 9.17) is 9.47 Å². The van der Waals surface area contributed by atoms with E-state index in [1.807, 2.05) is 42.5 Å². The number of rotatable bonds is 20. The zero-order valence-corrected chi connectivity index (χ0v) is 27.4. The van der Waals surface area contributed by atoms with Crippen LogP contribution < -0.4 is 9.47 Å². The molecule has 0 radical (unpaired) electrons. The third-order valence-corrected chi connectivity index (χ3v) is 8.18. The second kappa shape index (κ2) is 17.6. The Balaban J connectivity index is 1.30. The van der Waals surface area contributed by atoms with Gasteiger partial charge in [0.25, 0.3) is 0 Å². The zero-order chi connectivity index (χ0) is 33.6. The molecule has 0 aromatic heterocycles. The average Bonchev–Trinajstić information content (AvgIpc) is 3.09. The van der Waals surface area contributed by atoms with Crippen molar-refractivity contribution < 1.29 is 23.9 Å². The largest absolute Gasteiger partial charge is 0.494 e. The molecule has 0 atom stereocenters. The molecule has 0 amide bonds. The molecule has 4 aromatic rings. The van der Waals surface area contributed by atoms with Gasteiger partial charge in [0.05, 0.1) is 6.61 Å². The number of ketones is 3. The van der Waals surface area contributed by atoms with E-state index in [9.17, 15) is 14.4 Å². The number of hydrogen-bond acceptors (Lipinski definition) is 5. The van der Waals surface area contributed by atoms with Crippen LogP contribution in [-0.4, -0.2) is 24.0 Å². The maximum atomic E-state index is 13.0.